The Hall–Kier alpha value is -2.33. The maximum absolute atomic E-state index is 10.9. The predicted molar refractivity (Wildman–Crippen MR) is 75.8 cm³/mol. The van der Waals surface area contributed by atoms with Gasteiger partial charge >= 0.3 is 5.97 Å². The summed E-state index contributed by atoms with van der Waals surface area (Å²) in [6.45, 7) is 0. The van der Waals surface area contributed by atoms with E-state index in [1.54, 1.807) is 12.1 Å². The number of carboxylic acid groups (broad SMARTS) is 1. The monoisotopic (exact) mass is 287 g/mol. The molecule has 0 aliphatic heterocycles. The number of carboxylic acids is 1. The maximum Gasteiger partial charge on any atom is 0.307 e. The quantitative estimate of drug-likeness (QED) is 0.796. The number of aliphatic carboxylic acids is 1. The van der Waals surface area contributed by atoms with E-state index in [2.05, 4.69) is 5.16 Å². The maximum atomic E-state index is 10.9. The molecule has 20 heavy (non-hydrogen) atoms. The van der Waals surface area contributed by atoms with Crippen LogP contribution in [0, 0.1) is 0 Å². The number of fused-ring (bicyclic) bond motifs is 1. The molecular weight excluding hydrogens is 278 g/mol. The van der Waals surface area contributed by atoms with Crippen LogP contribution in [0.25, 0.3) is 22.2 Å². The highest BCUT2D eigenvalue weighted by molar-refractivity contribution is 6.31. The third-order valence-electron chi connectivity index (χ3n) is 3.00. The van der Waals surface area contributed by atoms with E-state index < -0.39 is 5.97 Å². The number of carbonyl (C=O) groups is 1. The Balaban J connectivity index is 2.22. The molecule has 100 valence electrons. The number of nitrogens with zero attached hydrogens (tertiary/aromatic N) is 1. The van der Waals surface area contributed by atoms with Crippen molar-refractivity contribution in [3.05, 3.63) is 53.1 Å². The summed E-state index contributed by atoms with van der Waals surface area (Å²) in [4.78, 5) is 10.9. The Morgan fingerprint density at radius 2 is 2.00 bits per heavy atom. The van der Waals surface area contributed by atoms with Crippen LogP contribution in [0.2, 0.25) is 5.02 Å². The fourth-order valence-electron chi connectivity index (χ4n) is 2.17. The minimum atomic E-state index is -0.933. The van der Waals surface area contributed by atoms with E-state index in [1.807, 2.05) is 30.3 Å². The van der Waals surface area contributed by atoms with E-state index in [9.17, 15) is 4.79 Å². The lowest BCUT2D eigenvalue weighted by Gasteiger charge is -2.00. The fraction of sp³-hybridized carbons (Fsp3) is 0.0667. The van der Waals surface area contributed by atoms with Gasteiger partial charge in [0, 0.05) is 10.6 Å². The molecule has 0 unspecified atom stereocenters. The third-order valence-corrected chi connectivity index (χ3v) is 3.22. The summed E-state index contributed by atoms with van der Waals surface area (Å²) in [6.07, 6.45) is -0.141. The van der Waals surface area contributed by atoms with E-state index in [0.717, 1.165) is 10.9 Å². The van der Waals surface area contributed by atoms with Gasteiger partial charge in [0.2, 0.25) is 0 Å². The lowest BCUT2D eigenvalue weighted by molar-refractivity contribution is -0.136. The second kappa shape index (κ2) is 4.98. The van der Waals surface area contributed by atoms with Crippen LogP contribution in [0.5, 0.6) is 0 Å². The zero-order valence-electron chi connectivity index (χ0n) is 10.3. The molecule has 2 aromatic carbocycles. The molecule has 3 rings (SSSR count). The first-order chi connectivity index (χ1) is 9.65. The standard InChI is InChI=1S/C15H10ClNO3/c16-11-6-10(7-13(18)19)14-12(8-11)15(20-17-14)9-4-2-1-3-5-9/h1-6,8H,7H2,(H,18,19). The second-order valence-electron chi connectivity index (χ2n) is 4.41. The average molecular weight is 288 g/mol. The van der Waals surface area contributed by atoms with Crippen LogP contribution >= 0.6 is 11.6 Å². The second-order valence-corrected chi connectivity index (χ2v) is 4.85. The molecule has 0 saturated heterocycles. The highest BCUT2D eigenvalue weighted by Crippen LogP contribution is 2.32. The van der Waals surface area contributed by atoms with E-state index in [0.29, 0.717) is 21.9 Å². The molecule has 1 aromatic heterocycles. The summed E-state index contributed by atoms with van der Waals surface area (Å²) in [5.74, 6) is -0.340. The number of hydrogen-bond acceptors (Lipinski definition) is 3. The fourth-order valence-corrected chi connectivity index (χ4v) is 2.41. The van der Waals surface area contributed by atoms with Gasteiger partial charge in [0.1, 0.15) is 5.52 Å². The Morgan fingerprint density at radius 3 is 2.70 bits per heavy atom. The number of hydrogen-bond donors (Lipinski definition) is 1. The van der Waals surface area contributed by atoms with Gasteiger partial charge in [-0.3, -0.25) is 4.79 Å². The summed E-state index contributed by atoms with van der Waals surface area (Å²) in [6, 6.07) is 12.8. The first kappa shape index (κ1) is 12.7. The molecule has 0 aliphatic rings. The Labute approximate surface area is 119 Å². The van der Waals surface area contributed by atoms with Gasteiger partial charge in [-0.15, -0.1) is 0 Å². The summed E-state index contributed by atoms with van der Waals surface area (Å²) in [5, 5.41) is 14.1. The van der Waals surface area contributed by atoms with Crippen molar-refractivity contribution < 1.29 is 14.4 Å². The van der Waals surface area contributed by atoms with Crippen LogP contribution < -0.4 is 0 Å². The van der Waals surface area contributed by atoms with Crippen molar-refractivity contribution in [1.29, 1.82) is 0 Å². The SMILES string of the molecule is O=C(O)Cc1cc(Cl)cc2c(-c3ccccc3)onc12. The number of rotatable bonds is 3. The van der Waals surface area contributed by atoms with Gasteiger partial charge < -0.3 is 9.63 Å². The van der Waals surface area contributed by atoms with Crippen molar-refractivity contribution in [3.63, 3.8) is 0 Å². The van der Waals surface area contributed by atoms with Crippen LogP contribution in [0.4, 0.5) is 0 Å². The summed E-state index contributed by atoms with van der Waals surface area (Å²) in [5.41, 5.74) is 1.96. The zero-order chi connectivity index (χ0) is 14.1. The van der Waals surface area contributed by atoms with Gasteiger partial charge in [0.05, 0.1) is 11.8 Å². The van der Waals surface area contributed by atoms with Gasteiger partial charge in [0.15, 0.2) is 5.76 Å². The summed E-state index contributed by atoms with van der Waals surface area (Å²) < 4.78 is 5.38. The molecular formula is C15H10ClNO3. The van der Waals surface area contributed by atoms with Gasteiger partial charge in [0.25, 0.3) is 0 Å². The summed E-state index contributed by atoms with van der Waals surface area (Å²) in [7, 11) is 0. The Morgan fingerprint density at radius 1 is 1.25 bits per heavy atom. The minimum Gasteiger partial charge on any atom is -0.481 e. The van der Waals surface area contributed by atoms with Crippen molar-refractivity contribution in [2.45, 2.75) is 6.42 Å². The van der Waals surface area contributed by atoms with E-state index in [-0.39, 0.29) is 6.42 Å². The number of halogens is 1. The molecule has 0 spiro atoms. The van der Waals surface area contributed by atoms with E-state index in [1.165, 1.54) is 0 Å². The minimum absolute atomic E-state index is 0.141. The highest BCUT2D eigenvalue weighted by atomic mass is 35.5. The smallest absolute Gasteiger partial charge is 0.307 e. The molecule has 1 N–H and O–H groups in total. The van der Waals surface area contributed by atoms with E-state index in [4.69, 9.17) is 21.2 Å². The van der Waals surface area contributed by atoms with Crippen molar-refractivity contribution >= 4 is 28.5 Å². The molecule has 1 heterocycles. The third kappa shape index (κ3) is 2.26. The lowest BCUT2D eigenvalue weighted by Crippen LogP contribution is -2.00. The molecule has 4 nitrogen and oxygen atoms in total. The lowest BCUT2D eigenvalue weighted by atomic mass is 10.0. The largest absolute Gasteiger partial charge is 0.481 e. The van der Waals surface area contributed by atoms with Gasteiger partial charge in [-0.1, -0.05) is 47.1 Å². The topological polar surface area (TPSA) is 63.3 Å². The van der Waals surface area contributed by atoms with Crippen LogP contribution in [0.15, 0.2) is 47.0 Å². The zero-order valence-corrected chi connectivity index (χ0v) is 11.1. The van der Waals surface area contributed by atoms with Crippen molar-refractivity contribution in [2.75, 3.05) is 0 Å². The molecule has 3 aromatic rings. The first-order valence-electron chi connectivity index (χ1n) is 6.00. The molecule has 0 radical (unpaired) electrons. The predicted octanol–water partition coefficient (Wildman–Crippen LogP) is 3.78. The molecule has 0 bridgehead atoms. The molecule has 0 aliphatic carbocycles. The van der Waals surface area contributed by atoms with Crippen LogP contribution in [0.1, 0.15) is 5.56 Å². The van der Waals surface area contributed by atoms with Crippen LogP contribution in [-0.2, 0) is 11.2 Å². The van der Waals surface area contributed by atoms with Gasteiger partial charge in [-0.05, 0) is 17.7 Å². The van der Waals surface area contributed by atoms with Crippen LogP contribution in [0.3, 0.4) is 0 Å². The molecule has 0 fully saturated rings. The van der Waals surface area contributed by atoms with Gasteiger partial charge in [-0.2, -0.15) is 0 Å². The van der Waals surface area contributed by atoms with Crippen molar-refractivity contribution in [3.8, 4) is 11.3 Å². The number of aromatic nitrogens is 1. The van der Waals surface area contributed by atoms with Crippen LogP contribution in [-0.4, -0.2) is 16.2 Å². The molecule has 0 saturated carbocycles. The molecule has 0 amide bonds. The van der Waals surface area contributed by atoms with Crippen molar-refractivity contribution in [1.82, 2.24) is 5.16 Å². The number of benzene rings is 2. The summed E-state index contributed by atoms with van der Waals surface area (Å²) >= 11 is 6.06. The Kier molecular flexibility index (Phi) is 3.16. The van der Waals surface area contributed by atoms with E-state index >= 15 is 0 Å². The first-order valence-corrected chi connectivity index (χ1v) is 6.38. The Bertz CT molecular complexity index is 780. The molecule has 5 heteroatoms. The molecule has 0 atom stereocenters. The highest BCUT2D eigenvalue weighted by Gasteiger charge is 2.16. The normalized spacial score (nSPS) is 10.8. The van der Waals surface area contributed by atoms with Gasteiger partial charge in [-0.25, -0.2) is 0 Å². The average Bonchev–Trinajstić information content (AvgIpc) is 2.82. The van der Waals surface area contributed by atoms with Crippen molar-refractivity contribution in [2.24, 2.45) is 0 Å².